The van der Waals surface area contributed by atoms with Crippen LogP contribution in [0.5, 0.6) is 0 Å². The van der Waals surface area contributed by atoms with Crippen LogP contribution in [0.4, 0.5) is 0 Å². The Morgan fingerprint density at radius 3 is 1.96 bits per heavy atom. The van der Waals surface area contributed by atoms with E-state index in [1.807, 2.05) is 33.8 Å². The molecule has 306 valence electrons. The summed E-state index contributed by atoms with van der Waals surface area (Å²) in [5.41, 5.74) is -2.79. The van der Waals surface area contributed by atoms with Crippen molar-refractivity contribution in [3.63, 3.8) is 0 Å². The second-order valence-electron chi connectivity index (χ2n) is 17.4. The van der Waals surface area contributed by atoms with Crippen molar-refractivity contribution in [1.29, 1.82) is 0 Å². The molecule has 0 spiro atoms. The molecule has 13 heteroatoms. The molecule has 0 bridgehead atoms. The third-order valence-electron chi connectivity index (χ3n) is 14.2. The molecule has 3 fully saturated rings. The summed E-state index contributed by atoms with van der Waals surface area (Å²) in [4.78, 5) is 66.8. The van der Waals surface area contributed by atoms with E-state index in [0.29, 0.717) is 19.3 Å². The predicted molar refractivity (Wildman–Crippen MR) is 197 cm³/mol. The highest BCUT2D eigenvalue weighted by atomic mass is 16.6. The van der Waals surface area contributed by atoms with E-state index in [1.165, 1.54) is 13.8 Å². The highest BCUT2D eigenvalue weighted by Gasteiger charge is 2.74. The maximum Gasteiger partial charge on any atom is 0.335 e. The van der Waals surface area contributed by atoms with Gasteiger partial charge in [0, 0.05) is 41.9 Å². The molecule has 1 aliphatic heterocycles. The molecule has 55 heavy (non-hydrogen) atoms. The standard InChI is InChI=1S/C42H60O13/c1-11-22(3)35(46)37(48)51-21-39(7)29-17-32(54-38(49)36(47)23(4)12-2)41(9)28-14-13-27(26-15-16-50-20-26)40(28,8)31(52-24(5)43)18-30(41)42(29,10)33(53-25(6)44)19-34(45)55-39/h14-16,20,22-23,27,29-33,35-36,46-47H,11-13,17-19,21H2,1-10H3/t22?,23?,27?,29-,30?,31-,32+,33-,35?,36?,39+,40-,41-,42-/m0/s1. The molecule has 4 aliphatic rings. The van der Waals surface area contributed by atoms with Crippen molar-refractivity contribution in [2.45, 2.75) is 150 Å². The van der Waals surface area contributed by atoms with Crippen LogP contribution in [-0.2, 0) is 47.7 Å². The normalized spacial score (nSPS) is 37.6. The fraction of sp³-hybridized carbons (Fsp3) is 0.738. The van der Waals surface area contributed by atoms with Gasteiger partial charge in [-0.2, -0.15) is 0 Å². The smallest absolute Gasteiger partial charge is 0.335 e. The summed E-state index contributed by atoms with van der Waals surface area (Å²) >= 11 is 0. The first-order valence-corrected chi connectivity index (χ1v) is 19.7. The maximum absolute atomic E-state index is 13.9. The van der Waals surface area contributed by atoms with Crippen LogP contribution in [-0.4, -0.2) is 82.8 Å². The average molecular weight is 773 g/mol. The molecule has 2 saturated carbocycles. The predicted octanol–water partition coefficient (Wildman–Crippen LogP) is 5.59. The molecule has 0 aromatic carbocycles. The summed E-state index contributed by atoms with van der Waals surface area (Å²) in [6.45, 7) is 17.0. The molecule has 2 heterocycles. The number of esters is 5. The minimum atomic E-state index is -1.58. The van der Waals surface area contributed by atoms with Gasteiger partial charge in [-0.3, -0.25) is 14.4 Å². The summed E-state index contributed by atoms with van der Waals surface area (Å²) in [7, 11) is 0. The SMILES string of the molecule is CCC(C)C(O)C(=O)OC[C@@]1(C)OC(=O)C[C@H](OC(C)=O)[C@]2(C)C3C[C@H](OC(C)=O)[C@]4(C)C(=CCC4c4ccoc4)[C@]3(C)[C@H](OC(=O)C(O)C(C)CC)C[C@H]21. The van der Waals surface area contributed by atoms with E-state index in [1.54, 1.807) is 33.3 Å². The summed E-state index contributed by atoms with van der Waals surface area (Å²) in [6, 6.07) is 1.89. The molecule has 1 aromatic rings. The van der Waals surface area contributed by atoms with Crippen molar-refractivity contribution in [3.8, 4) is 0 Å². The van der Waals surface area contributed by atoms with Crippen LogP contribution in [0.2, 0.25) is 0 Å². The monoisotopic (exact) mass is 772 g/mol. The van der Waals surface area contributed by atoms with Crippen molar-refractivity contribution < 1.29 is 62.3 Å². The lowest BCUT2D eigenvalue weighted by atomic mass is 9.39. The minimum absolute atomic E-state index is 0.0531. The zero-order chi connectivity index (χ0) is 40.8. The Kier molecular flexibility index (Phi) is 12.1. The van der Waals surface area contributed by atoms with Crippen LogP contribution in [0, 0.1) is 39.9 Å². The van der Waals surface area contributed by atoms with Crippen molar-refractivity contribution >= 4 is 29.8 Å². The van der Waals surface area contributed by atoms with Crippen LogP contribution in [0.1, 0.15) is 119 Å². The number of hydrogen-bond donors (Lipinski definition) is 2. The van der Waals surface area contributed by atoms with Gasteiger partial charge in [-0.1, -0.05) is 73.0 Å². The maximum atomic E-state index is 13.9. The Bertz CT molecular complexity index is 1650. The lowest BCUT2D eigenvalue weighted by molar-refractivity contribution is -0.247. The summed E-state index contributed by atoms with van der Waals surface area (Å²) in [5.74, 6) is -5.86. The van der Waals surface area contributed by atoms with Gasteiger partial charge in [-0.25, -0.2) is 9.59 Å². The Morgan fingerprint density at radius 2 is 1.40 bits per heavy atom. The van der Waals surface area contributed by atoms with E-state index in [2.05, 4.69) is 13.0 Å². The second kappa shape index (κ2) is 15.7. The number of aliphatic hydroxyl groups excluding tert-OH is 2. The van der Waals surface area contributed by atoms with Crippen LogP contribution in [0.3, 0.4) is 0 Å². The molecule has 13 nitrogen and oxygen atoms in total. The van der Waals surface area contributed by atoms with Gasteiger partial charge in [0.05, 0.1) is 18.9 Å². The fourth-order valence-corrected chi connectivity index (χ4v) is 10.7. The highest BCUT2D eigenvalue weighted by molar-refractivity contribution is 5.76. The van der Waals surface area contributed by atoms with Crippen molar-refractivity contribution in [3.05, 3.63) is 35.8 Å². The fourth-order valence-electron chi connectivity index (χ4n) is 10.7. The zero-order valence-electron chi connectivity index (χ0n) is 33.9. The Morgan fingerprint density at radius 1 is 0.836 bits per heavy atom. The highest BCUT2D eigenvalue weighted by Crippen LogP contribution is 2.73. The minimum Gasteiger partial charge on any atom is -0.472 e. The molecule has 0 amide bonds. The van der Waals surface area contributed by atoms with Crippen LogP contribution < -0.4 is 0 Å². The quantitative estimate of drug-likeness (QED) is 0.152. The summed E-state index contributed by atoms with van der Waals surface area (Å²) in [5, 5.41) is 21.9. The number of carbonyl (C=O) groups is 5. The van der Waals surface area contributed by atoms with Crippen molar-refractivity contribution in [2.24, 2.45) is 39.9 Å². The van der Waals surface area contributed by atoms with Gasteiger partial charge in [-0.15, -0.1) is 0 Å². The first-order chi connectivity index (χ1) is 25.7. The van der Waals surface area contributed by atoms with E-state index < -0.39 is 112 Å². The number of aliphatic hydroxyl groups is 2. The number of hydrogen-bond acceptors (Lipinski definition) is 13. The number of ether oxygens (including phenoxy) is 5. The third kappa shape index (κ3) is 7.24. The first kappa shape index (κ1) is 42.4. The first-order valence-electron chi connectivity index (χ1n) is 19.7. The van der Waals surface area contributed by atoms with Gasteiger partial charge in [0.1, 0.15) is 30.5 Å². The van der Waals surface area contributed by atoms with Gasteiger partial charge in [0.25, 0.3) is 0 Å². The lowest BCUT2D eigenvalue weighted by Gasteiger charge is -2.67. The molecular weight excluding hydrogens is 712 g/mol. The van der Waals surface area contributed by atoms with E-state index >= 15 is 0 Å². The van der Waals surface area contributed by atoms with Crippen LogP contribution in [0.25, 0.3) is 0 Å². The molecule has 5 rings (SSSR count). The Hall–Kier alpha value is -3.71. The van der Waals surface area contributed by atoms with Gasteiger partial charge >= 0.3 is 29.8 Å². The van der Waals surface area contributed by atoms with Gasteiger partial charge in [0.15, 0.2) is 12.2 Å². The number of fused-ring (bicyclic) bond motifs is 5. The van der Waals surface area contributed by atoms with E-state index in [4.69, 9.17) is 28.1 Å². The van der Waals surface area contributed by atoms with Gasteiger partial charge in [0.2, 0.25) is 0 Å². The summed E-state index contributed by atoms with van der Waals surface area (Å²) < 4.78 is 36.3. The van der Waals surface area contributed by atoms with Crippen LogP contribution in [0.15, 0.2) is 34.7 Å². The Balaban J connectivity index is 1.73. The molecule has 1 saturated heterocycles. The lowest BCUT2D eigenvalue weighted by Crippen LogP contribution is -2.70. The molecule has 14 atom stereocenters. The van der Waals surface area contributed by atoms with Crippen LogP contribution >= 0.6 is 0 Å². The third-order valence-corrected chi connectivity index (χ3v) is 14.2. The molecule has 1 aromatic heterocycles. The zero-order valence-corrected chi connectivity index (χ0v) is 33.9. The number of cyclic esters (lactones) is 1. The molecule has 3 aliphatic carbocycles. The molecular formula is C42H60O13. The van der Waals surface area contributed by atoms with Crippen molar-refractivity contribution in [2.75, 3.05) is 6.61 Å². The number of carbonyl (C=O) groups excluding carboxylic acids is 5. The molecule has 0 radical (unpaired) electrons. The van der Waals surface area contributed by atoms with E-state index in [0.717, 1.165) is 11.1 Å². The number of rotatable bonds is 12. The summed E-state index contributed by atoms with van der Waals surface area (Å²) in [6.07, 6.45) is 1.39. The van der Waals surface area contributed by atoms with Crippen molar-refractivity contribution in [1.82, 2.24) is 0 Å². The van der Waals surface area contributed by atoms with E-state index in [-0.39, 0.29) is 25.2 Å². The largest absolute Gasteiger partial charge is 0.472 e. The van der Waals surface area contributed by atoms with E-state index in [9.17, 15) is 34.2 Å². The molecule has 2 N–H and O–H groups in total. The Labute approximate surface area is 323 Å². The molecule has 6 unspecified atom stereocenters. The second-order valence-corrected chi connectivity index (χ2v) is 17.4. The topological polar surface area (TPSA) is 185 Å². The number of allylic oxidation sites excluding steroid dienone is 1. The average Bonchev–Trinajstić information content (AvgIpc) is 3.77. The van der Waals surface area contributed by atoms with Gasteiger partial charge in [-0.05, 0) is 55.6 Å². The number of furan rings is 1. The van der Waals surface area contributed by atoms with Gasteiger partial charge < -0.3 is 38.3 Å².